The Kier molecular flexibility index (Phi) is 3.56. The molecule has 118 valence electrons. The molecule has 1 aliphatic heterocycles. The van der Waals surface area contributed by atoms with Gasteiger partial charge in [-0.15, -0.1) is 0 Å². The van der Waals surface area contributed by atoms with Crippen molar-refractivity contribution in [2.75, 3.05) is 18.1 Å². The van der Waals surface area contributed by atoms with Crippen molar-refractivity contribution in [3.05, 3.63) is 34.2 Å². The monoisotopic (exact) mass is 323 g/mol. The number of H-pyrrole nitrogens is 2. The first-order valence-electron chi connectivity index (χ1n) is 7.13. The maximum Gasteiger partial charge on any atom is 0.323 e. The van der Waals surface area contributed by atoms with E-state index in [4.69, 9.17) is 0 Å². The summed E-state index contributed by atoms with van der Waals surface area (Å²) in [7, 11) is -3.04. The van der Waals surface area contributed by atoms with Gasteiger partial charge in [0.05, 0.1) is 22.5 Å². The first-order valence-corrected chi connectivity index (χ1v) is 8.95. The minimum absolute atomic E-state index is 0.0236. The Bertz CT molecular complexity index is 881. The number of rotatable bonds is 3. The fourth-order valence-electron chi connectivity index (χ4n) is 2.92. The minimum Gasteiger partial charge on any atom is -0.335 e. The number of amides is 1. The van der Waals surface area contributed by atoms with Crippen LogP contribution in [-0.2, 0) is 9.84 Å². The van der Waals surface area contributed by atoms with E-state index in [0.717, 1.165) is 0 Å². The summed E-state index contributed by atoms with van der Waals surface area (Å²) in [6.45, 7) is 2.28. The summed E-state index contributed by atoms with van der Waals surface area (Å²) in [6, 6.07) is 4.64. The Morgan fingerprint density at radius 2 is 2.05 bits per heavy atom. The number of sulfone groups is 1. The second-order valence-corrected chi connectivity index (χ2v) is 7.72. The van der Waals surface area contributed by atoms with E-state index in [1.807, 2.05) is 6.92 Å². The van der Waals surface area contributed by atoms with Gasteiger partial charge in [0.1, 0.15) is 0 Å². The van der Waals surface area contributed by atoms with Gasteiger partial charge in [0.25, 0.3) is 5.91 Å². The van der Waals surface area contributed by atoms with Crippen LogP contribution in [0.2, 0.25) is 0 Å². The van der Waals surface area contributed by atoms with Crippen molar-refractivity contribution in [3.63, 3.8) is 0 Å². The maximum atomic E-state index is 12.7. The SMILES string of the molecule is CCN(C(=O)c1ccc2[nH]c(=O)[nH]c2c1)C1CCS(=O)(=O)C1. The molecule has 0 aliphatic carbocycles. The predicted octanol–water partition coefficient (Wildman–Crippen LogP) is 0.505. The molecule has 1 fully saturated rings. The number of hydrogen-bond donors (Lipinski definition) is 2. The Morgan fingerprint density at radius 3 is 2.68 bits per heavy atom. The van der Waals surface area contributed by atoms with Crippen molar-refractivity contribution in [1.29, 1.82) is 0 Å². The van der Waals surface area contributed by atoms with E-state index in [0.29, 0.717) is 29.6 Å². The van der Waals surface area contributed by atoms with Crippen molar-refractivity contribution < 1.29 is 13.2 Å². The largest absolute Gasteiger partial charge is 0.335 e. The third-order valence-electron chi connectivity index (χ3n) is 4.01. The molecule has 1 saturated heterocycles. The molecular weight excluding hydrogens is 306 g/mol. The minimum atomic E-state index is -3.04. The van der Waals surface area contributed by atoms with Crippen molar-refractivity contribution in [2.24, 2.45) is 0 Å². The molecule has 3 rings (SSSR count). The van der Waals surface area contributed by atoms with E-state index >= 15 is 0 Å². The van der Waals surface area contributed by atoms with Gasteiger partial charge < -0.3 is 14.9 Å². The molecule has 0 saturated carbocycles. The van der Waals surface area contributed by atoms with Crippen LogP contribution in [0.3, 0.4) is 0 Å². The quantitative estimate of drug-likeness (QED) is 0.858. The van der Waals surface area contributed by atoms with Crippen LogP contribution in [0.4, 0.5) is 0 Å². The van der Waals surface area contributed by atoms with Gasteiger partial charge in [0, 0.05) is 18.2 Å². The molecule has 8 heteroatoms. The average molecular weight is 323 g/mol. The lowest BCUT2D eigenvalue weighted by molar-refractivity contribution is 0.0708. The number of nitrogens with zero attached hydrogens (tertiary/aromatic N) is 1. The summed E-state index contributed by atoms with van der Waals surface area (Å²) in [5, 5.41) is 0. The average Bonchev–Trinajstić information content (AvgIpc) is 3.00. The topological polar surface area (TPSA) is 103 Å². The zero-order chi connectivity index (χ0) is 15.9. The van der Waals surface area contributed by atoms with Gasteiger partial charge in [-0.3, -0.25) is 4.79 Å². The molecule has 1 aliphatic rings. The van der Waals surface area contributed by atoms with E-state index in [1.54, 1.807) is 23.1 Å². The van der Waals surface area contributed by atoms with E-state index in [2.05, 4.69) is 9.97 Å². The molecular formula is C14H17N3O4S. The fourth-order valence-corrected chi connectivity index (χ4v) is 4.65. The number of imidazole rings is 1. The van der Waals surface area contributed by atoms with Gasteiger partial charge in [-0.2, -0.15) is 0 Å². The van der Waals surface area contributed by atoms with Crippen LogP contribution in [-0.4, -0.2) is 53.3 Å². The van der Waals surface area contributed by atoms with Gasteiger partial charge in [-0.05, 0) is 31.5 Å². The summed E-state index contributed by atoms with van der Waals surface area (Å²) in [5.41, 5.74) is 1.31. The Morgan fingerprint density at radius 1 is 1.32 bits per heavy atom. The van der Waals surface area contributed by atoms with Crippen LogP contribution in [0, 0.1) is 0 Å². The third-order valence-corrected chi connectivity index (χ3v) is 5.76. The van der Waals surface area contributed by atoms with Crippen molar-refractivity contribution in [3.8, 4) is 0 Å². The molecule has 0 spiro atoms. The molecule has 2 aromatic rings. The zero-order valence-electron chi connectivity index (χ0n) is 12.1. The van der Waals surface area contributed by atoms with E-state index in [1.165, 1.54) is 0 Å². The van der Waals surface area contributed by atoms with Crippen molar-refractivity contribution in [1.82, 2.24) is 14.9 Å². The number of benzene rings is 1. The standard InChI is InChI=1S/C14H17N3O4S/c1-2-17(10-5-6-22(20,21)8-10)13(18)9-3-4-11-12(7-9)16-14(19)15-11/h3-4,7,10H,2,5-6,8H2,1H3,(H2,15,16,19). The van der Waals surface area contributed by atoms with Crippen LogP contribution in [0.5, 0.6) is 0 Å². The molecule has 7 nitrogen and oxygen atoms in total. The molecule has 1 atom stereocenters. The number of fused-ring (bicyclic) bond motifs is 1. The number of nitrogens with one attached hydrogen (secondary N) is 2. The lowest BCUT2D eigenvalue weighted by Gasteiger charge is -2.26. The van der Waals surface area contributed by atoms with Crippen molar-refractivity contribution in [2.45, 2.75) is 19.4 Å². The second-order valence-electron chi connectivity index (χ2n) is 5.49. The van der Waals surface area contributed by atoms with Gasteiger partial charge in [0.15, 0.2) is 9.84 Å². The highest BCUT2D eigenvalue weighted by atomic mass is 32.2. The first-order chi connectivity index (χ1) is 10.4. The Labute approximate surface area is 127 Å². The van der Waals surface area contributed by atoms with E-state index < -0.39 is 9.84 Å². The first kappa shape index (κ1) is 14.8. The molecule has 2 N–H and O–H groups in total. The number of hydrogen-bond acceptors (Lipinski definition) is 4. The molecule has 2 heterocycles. The van der Waals surface area contributed by atoms with Crippen LogP contribution in [0.25, 0.3) is 11.0 Å². The van der Waals surface area contributed by atoms with E-state index in [9.17, 15) is 18.0 Å². The highest BCUT2D eigenvalue weighted by Gasteiger charge is 2.34. The summed E-state index contributed by atoms with van der Waals surface area (Å²) in [6.07, 6.45) is 0.477. The second kappa shape index (κ2) is 5.28. The van der Waals surface area contributed by atoms with Crippen LogP contribution < -0.4 is 5.69 Å². The van der Waals surface area contributed by atoms with Gasteiger partial charge >= 0.3 is 5.69 Å². The highest BCUT2D eigenvalue weighted by Crippen LogP contribution is 2.20. The van der Waals surface area contributed by atoms with Gasteiger partial charge in [-0.25, -0.2) is 13.2 Å². The normalized spacial score (nSPS) is 20.3. The number of carbonyl (C=O) groups is 1. The fraction of sp³-hybridized carbons (Fsp3) is 0.429. The summed E-state index contributed by atoms with van der Waals surface area (Å²) in [4.78, 5) is 30.7. The predicted molar refractivity (Wildman–Crippen MR) is 82.7 cm³/mol. The van der Waals surface area contributed by atoms with Crippen LogP contribution >= 0.6 is 0 Å². The highest BCUT2D eigenvalue weighted by molar-refractivity contribution is 7.91. The lowest BCUT2D eigenvalue weighted by Crippen LogP contribution is -2.40. The molecule has 1 aromatic carbocycles. The molecule has 22 heavy (non-hydrogen) atoms. The summed E-state index contributed by atoms with van der Waals surface area (Å²) < 4.78 is 23.2. The van der Waals surface area contributed by atoms with Crippen LogP contribution in [0.1, 0.15) is 23.7 Å². The Hall–Kier alpha value is -2.09. The maximum absolute atomic E-state index is 12.7. The van der Waals surface area contributed by atoms with Crippen molar-refractivity contribution >= 4 is 26.8 Å². The smallest absolute Gasteiger partial charge is 0.323 e. The number of aromatic nitrogens is 2. The van der Waals surface area contributed by atoms with Gasteiger partial charge in [0.2, 0.25) is 0 Å². The number of carbonyl (C=O) groups excluding carboxylic acids is 1. The number of aromatic amines is 2. The van der Waals surface area contributed by atoms with Gasteiger partial charge in [-0.1, -0.05) is 0 Å². The molecule has 1 aromatic heterocycles. The lowest BCUT2D eigenvalue weighted by atomic mass is 10.1. The molecule has 1 unspecified atom stereocenters. The summed E-state index contributed by atoms with van der Waals surface area (Å²) >= 11 is 0. The molecule has 0 bridgehead atoms. The molecule has 0 radical (unpaired) electrons. The van der Waals surface area contributed by atoms with E-state index in [-0.39, 0.29) is 29.1 Å². The molecule has 1 amide bonds. The Balaban J connectivity index is 1.91. The third kappa shape index (κ3) is 2.66. The zero-order valence-corrected chi connectivity index (χ0v) is 12.9. The van der Waals surface area contributed by atoms with Crippen LogP contribution in [0.15, 0.2) is 23.0 Å². The summed E-state index contributed by atoms with van der Waals surface area (Å²) in [5.74, 6) is -0.0601.